The van der Waals surface area contributed by atoms with Crippen molar-refractivity contribution in [1.29, 1.82) is 0 Å². The Balaban J connectivity index is 2.00. The molecule has 2 aromatic rings. The SMILES string of the molecule is COC(=O)[C@H](Cc1ccc(O)cc1)NC(=O)[C@H](CC(C)C)NC(=O)[C@@H](O)[C@H](N)CCOc1ccccc1O. The van der Waals surface area contributed by atoms with Gasteiger partial charge >= 0.3 is 5.97 Å². The summed E-state index contributed by atoms with van der Waals surface area (Å²) in [6.07, 6.45) is -1.19. The molecule has 38 heavy (non-hydrogen) atoms. The Kier molecular flexibility index (Phi) is 11.8. The molecule has 11 nitrogen and oxygen atoms in total. The molecule has 11 heteroatoms. The average molecular weight is 532 g/mol. The molecule has 7 N–H and O–H groups in total. The molecular weight excluding hydrogens is 494 g/mol. The normalized spacial score (nSPS) is 14.2. The van der Waals surface area contributed by atoms with E-state index in [1.807, 2.05) is 13.8 Å². The summed E-state index contributed by atoms with van der Waals surface area (Å²) in [4.78, 5) is 38.2. The molecule has 0 saturated heterocycles. The number of methoxy groups -OCH3 is 1. The van der Waals surface area contributed by atoms with Crippen molar-refractivity contribution in [2.75, 3.05) is 13.7 Å². The zero-order valence-electron chi connectivity index (χ0n) is 21.8. The molecule has 0 bridgehead atoms. The predicted molar refractivity (Wildman–Crippen MR) is 139 cm³/mol. The van der Waals surface area contributed by atoms with Crippen molar-refractivity contribution in [3.8, 4) is 17.2 Å². The zero-order chi connectivity index (χ0) is 28.2. The van der Waals surface area contributed by atoms with Crippen molar-refractivity contribution in [1.82, 2.24) is 10.6 Å². The summed E-state index contributed by atoms with van der Waals surface area (Å²) >= 11 is 0. The van der Waals surface area contributed by atoms with Gasteiger partial charge in [0.15, 0.2) is 11.5 Å². The minimum absolute atomic E-state index is 0.00232. The first kappa shape index (κ1) is 30.4. The van der Waals surface area contributed by atoms with Crippen LogP contribution in [0, 0.1) is 5.92 Å². The number of phenols is 2. The van der Waals surface area contributed by atoms with Gasteiger partial charge in [0, 0.05) is 12.5 Å². The molecule has 2 rings (SSSR count). The summed E-state index contributed by atoms with van der Waals surface area (Å²) in [5.41, 5.74) is 6.65. The number of carbonyl (C=O) groups excluding carboxylic acids is 3. The van der Waals surface area contributed by atoms with Gasteiger partial charge in [-0.15, -0.1) is 0 Å². The number of hydrogen-bond donors (Lipinski definition) is 6. The first-order valence-corrected chi connectivity index (χ1v) is 12.3. The van der Waals surface area contributed by atoms with Crippen LogP contribution in [0.4, 0.5) is 0 Å². The van der Waals surface area contributed by atoms with Gasteiger partial charge in [0.25, 0.3) is 5.91 Å². The van der Waals surface area contributed by atoms with E-state index in [1.54, 1.807) is 30.3 Å². The minimum Gasteiger partial charge on any atom is -0.508 e. The number of benzene rings is 2. The number of esters is 1. The maximum Gasteiger partial charge on any atom is 0.328 e. The van der Waals surface area contributed by atoms with Gasteiger partial charge in [-0.25, -0.2) is 4.79 Å². The van der Waals surface area contributed by atoms with Gasteiger partial charge < -0.3 is 41.2 Å². The number of aliphatic hydroxyl groups is 1. The fourth-order valence-electron chi connectivity index (χ4n) is 3.67. The van der Waals surface area contributed by atoms with Crippen LogP contribution >= 0.6 is 0 Å². The third-order valence-electron chi connectivity index (χ3n) is 5.77. The van der Waals surface area contributed by atoms with Gasteiger partial charge in [-0.1, -0.05) is 38.1 Å². The average Bonchev–Trinajstić information content (AvgIpc) is 2.88. The van der Waals surface area contributed by atoms with E-state index in [0.29, 0.717) is 5.56 Å². The van der Waals surface area contributed by atoms with Crippen molar-refractivity contribution in [2.45, 2.75) is 57.3 Å². The van der Waals surface area contributed by atoms with E-state index in [0.717, 1.165) is 0 Å². The molecule has 0 aliphatic rings. The van der Waals surface area contributed by atoms with Crippen molar-refractivity contribution < 1.29 is 39.2 Å². The summed E-state index contributed by atoms with van der Waals surface area (Å²) in [5.74, 6) is -1.87. The van der Waals surface area contributed by atoms with Crippen molar-refractivity contribution in [3.63, 3.8) is 0 Å². The highest BCUT2D eigenvalue weighted by molar-refractivity contribution is 5.92. The van der Waals surface area contributed by atoms with E-state index >= 15 is 0 Å². The lowest BCUT2D eigenvalue weighted by atomic mass is 10.0. The Morgan fingerprint density at radius 1 is 0.947 bits per heavy atom. The summed E-state index contributed by atoms with van der Waals surface area (Å²) in [6, 6.07) is 9.44. The Labute approximate surface area is 221 Å². The van der Waals surface area contributed by atoms with Crippen LogP contribution in [-0.4, -0.2) is 71.0 Å². The molecule has 0 radical (unpaired) electrons. The Morgan fingerprint density at radius 2 is 1.58 bits per heavy atom. The number of hydrogen-bond acceptors (Lipinski definition) is 9. The molecular formula is C27H37N3O8. The quantitative estimate of drug-likeness (QED) is 0.194. The molecule has 0 spiro atoms. The van der Waals surface area contributed by atoms with Gasteiger partial charge in [-0.2, -0.15) is 0 Å². The van der Waals surface area contributed by atoms with Gasteiger partial charge in [-0.05, 0) is 48.6 Å². The molecule has 0 heterocycles. The van der Waals surface area contributed by atoms with E-state index < -0.39 is 42.0 Å². The fraction of sp³-hybridized carbons (Fsp3) is 0.444. The Hall–Kier alpha value is -3.83. The molecule has 2 amide bonds. The van der Waals surface area contributed by atoms with Crippen molar-refractivity contribution >= 4 is 17.8 Å². The number of para-hydroxylation sites is 2. The Bertz CT molecular complexity index is 1060. The number of phenolic OH excluding ortho intramolecular Hbond substituents is 2. The molecule has 0 unspecified atom stereocenters. The smallest absolute Gasteiger partial charge is 0.328 e. The highest BCUT2D eigenvalue weighted by atomic mass is 16.5. The number of carbonyl (C=O) groups is 3. The van der Waals surface area contributed by atoms with Crippen LogP contribution in [0.2, 0.25) is 0 Å². The number of nitrogens with two attached hydrogens (primary N) is 1. The van der Waals surface area contributed by atoms with Gasteiger partial charge in [0.2, 0.25) is 5.91 Å². The van der Waals surface area contributed by atoms with Gasteiger partial charge in [-0.3, -0.25) is 9.59 Å². The second-order valence-electron chi connectivity index (χ2n) is 9.36. The summed E-state index contributed by atoms with van der Waals surface area (Å²) < 4.78 is 10.3. The molecule has 0 aromatic heterocycles. The van der Waals surface area contributed by atoms with E-state index in [1.165, 1.54) is 25.3 Å². The minimum atomic E-state index is -1.63. The first-order chi connectivity index (χ1) is 18.0. The van der Waals surface area contributed by atoms with Crippen molar-refractivity contribution in [2.24, 2.45) is 11.7 Å². The van der Waals surface area contributed by atoms with Gasteiger partial charge in [0.05, 0.1) is 13.7 Å². The second kappa shape index (κ2) is 14.8. The maximum atomic E-state index is 13.1. The molecule has 2 aromatic carbocycles. The molecule has 208 valence electrons. The molecule has 0 aliphatic heterocycles. The number of aromatic hydroxyl groups is 2. The molecule has 0 saturated carbocycles. The number of amides is 2. The monoisotopic (exact) mass is 531 g/mol. The van der Waals surface area contributed by atoms with Crippen LogP contribution in [-0.2, 0) is 25.5 Å². The van der Waals surface area contributed by atoms with E-state index in [4.69, 9.17) is 15.2 Å². The standard InChI is InChI=1S/C27H37N3O8/c1-16(2)14-20(25(34)30-21(27(36)37-3)15-17-8-10-18(31)11-9-17)29-26(35)24(33)19(28)12-13-38-23-7-5-4-6-22(23)32/h4-11,16,19-21,24,31-33H,12-15,28H2,1-3H3,(H,29,35)(H,30,34)/t19-,20+,21+,24+/m1/s1. The maximum absolute atomic E-state index is 13.1. The summed E-state index contributed by atoms with van der Waals surface area (Å²) in [5, 5.41) is 34.8. The largest absolute Gasteiger partial charge is 0.508 e. The summed E-state index contributed by atoms with van der Waals surface area (Å²) in [6.45, 7) is 3.76. The number of rotatable bonds is 14. The van der Waals surface area contributed by atoms with E-state index in [9.17, 15) is 29.7 Å². The molecule has 0 fully saturated rings. The number of aliphatic hydroxyl groups excluding tert-OH is 1. The second-order valence-corrected chi connectivity index (χ2v) is 9.36. The van der Waals surface area contributed by atoms with Crippen LogP contribution in [0.15, 0.2) is 48.5 Å². The number of nitrogens with one attached hydrogen (secondary N) is 2. The molecule has 4 atom stereocenters. The highest BCUT2D eigenvalue weighted by Gasteiger charge is 2.31. The van der Waals surface area contributed by atoms with Crippen LogP contribution in [0.25, 0.3) is 0 Å². The lowest BCUT2D eigenvalue weighted by molar-refractivity contribution is -0.145. The lowest BCUT2D eigenvalue weighted by Gasteiger charge is -2.25. The Morgan fingerprint density at radius 3 is 2.18 bits per heavy atom. The van der Waals surface area contributed by atoms with E-state index in [2.05, 4.69) is 10.6 Å². The van der Waals surface area contributed by atoms with Gasteiger partial charge in [0.1, 0.15) is 23.9 Å². The third kappa shape index (κ3) is 9.56. The van der Waals surface area contributed by atoms with Crippen LogP contribution in [0.1, 0.15) is 32.3 Å². The number of ether oxygens (including phenoxy) is 2. The van der Waals surface area contributed by atoms with Crippen LogP contribution < -0.4 is 21.1 Å². The predicted octanol–water partition coefficient (Wildman–Crippen LogP) is 0.986. The third-order valence-corrected chi connectivity index (χ3v) is 5.77. The van der Waals surface area contributed by atoms with Crippen LogP contribution in [0.5, 0.6) is 17.2 Å². The van der Waals surface area contributed by atoms with Crippen molar-refractivity contribution in [3.05, 3.63) is 54.1 Å². The zero-order valence-corrected chi connectivity index (χ0v) is 21.8. The topological polar surface area (TPSA) is 180 Å². The summed E-state index contributed by atoms with van der Waals surface area (Å²) in [7, 11) is 1.20. The highest BCUT2D eigenvalue weighted by Crippen LogP contribution is 2.24. The molecule has 0 aliphatic carbocycles. The van der Waals surface area contributed by atoms with E-state index in [-0.39, 0.29) is 49.0 Å². The first-order valence-electron chi connectivity index (χ1n) is 12.3. The fourth-order valence-corrected chi connectivity index (χ4v) is 3.67. The van der Waals surface area contributed by atoms with Crippen LogP contribution in [0.3, 0.4) is 0 Å². The lowest BCUT2D eigenvalue weighted by Crippen LogP contribution is -2.56.